The number of phenolic OH excluding ortho intramolecular Hbond substituents is 1. The van der Waals surface area contributed by atoms with E-state index in [2.05, 4.69) is 30.7 Å². The van der Waals surface area contributed by atoms with Crippen molar-refractivity contribution in [1.82, 2.24) is 9.88 Å². The van der Waals surface area contributed by atoms with E-state index in [1.54, 1.807) is 24.4 Å². The maximum atomic E-state index is 12.8. The molecule has 5 rings (SSSR count). The van der Waals surface area contributed by atoms with Crippen LogP contribution in [0.1, 0.15) is 45.6 Å². The van der Waals surface area contributed by atoms with Crippen molar-refractivity contribution in [3.8, 4) is 17.0 Å². The quantitative estimate of drug-likeness (QED) is 0.625. The Morgan fingerprint density at radius 3 is 2.80 bits per heavy atom. The van der Waals surface area contributed by atoms with E-state index >= 15 is 0 Å². The van der Waals surface area contributed by atoms with Gasteiger partial charge in [-0.2, -0.15) is 0 Å². The Labute approximate surface area is 176 Å². The number of fused-ring (bicyclic) bond motifs is 3. The largest absolute Gasteiger partial charge is 0.507 e. The second kappa shape index (κ2) is 6.67. The molecular formula is C25H28N2O3. The Morgan fingerprint density at radius 2 is 2.03 bits per heavy atom. The second-order valence-corrected chi connectivity index (χ2v) is 10.3. The summed E-state index contributed by atoms with van der Waals surface area (Å²) in [6.45, 7) is 8.69. The molecule has 2 aromatic heterocycles. The fourth-order valence-electron chi connectivity index (χ4n) is 6.05. The van der Waals surface area contributed by atoms with Crippen molar-refractivity contribution in [1.29, 1.82) is 0 Å². The summed E-state index contributed by atoms with van der Waals surface area (Å²) in [6.07, 6.45) is 5.23. The van der Waals surface area contributed by atoms with Crippen LogP contribution in [0.15, 0.2) is 51.8 Å². The van der Waals surface area contributed by atoms with Crippen molar-refractivity contribution in [3.63, 3.8) is 0 Å². The van der Waals surface area contributed by atoms with Crippen LogP contribution in [0.5, 0.6) is 5.75 Å². The fourth-order valence-corrected chi connectivity index (χ4v) is 6.05. The first kappa shape index (κ1) is 19.3. The van der Waals surface area contributed by atoms with E-state index in [1.165, 1.54) is 12.8 Å². The van der Waals surface area contributed by atoms with E-state index < -0.39 is 5.63 Å². The van der Waals surface area contributed by atoms with Gasteiger partial charge in [0.05, 0.1) is 16.8 Å². The Hall–Kier alpha value is -2.66. The highest BCUT2D eigenvalue weighted by molar-refractivity contribution is 5.85. The molecule has 1 aromatic carbocycles. The third kappa shape index (κ3) is 3.31. The molecule has 156 valence electrons. The highest BCUT2D eigenvalue weighted by Crippen LogP contribution is 2.53. The Balaban J connectivity index is 1.55. The van der Waals surface area contributed by atoms with Crippen LogP contribution in [0.25, 0.3) is 22.2 Å². The maximum absolute atomic E-state index is 12.8. The molecule has 30 heavy (non-hydrogen) atoms. The lowest BCUT2D eigenvalue weighted by Crippen LogP contribution is -2.34. The molecule has 1 aliphatic carbocycles. The number of rotatable bonds is 3. The smallest absolute Gasteiger partial charge is 0.345 e. The van der Waals surface area contributed by atoms with E-state index in [1.807, 2.05) is 18.2 Å². The van der Waals surface area contributed by atoms with Crippen LogP contribution < -0.4 is 5.63 Å². The van der Waals surface area contributed by atoms with Gasteiger partial charge in [-0.3, -0.25) is 9.88 Å². The third-order valence-electron chi connectivity index (χ3n) is 6.81. The van der Waals surface area contributed by atoms with Crippen LogP contribution >= 0.6 is 0 Å². The Bertz CT molecular complexity index is 1170. The van der Waals surface area contributed by atoms with E-state index in [4.69, 9.17) is 4.42 Å². The first-order chi connectivity index (χ1) is 14.2. The highest BCUT2D eigenvalue weighted by atomic mass is 16.4. The van der Waals surface area contributed by atoms with Crippen LogP contribution in [-0.2, 0) is 6.54 Å². The zero-order chi connectivity index (χ0) is 21.1. The van der Waals surface area contributed by atoms with E-state index in [0.717, 1.165) is 18.4 Å². The Morgan fingerprint density at radius 1 is 1.20 bits per heavy atom. The summed E-state index contributed by atoms with van der Waals surface area (Å²) in [6, 6.07) is 11.3. The normalized spacial score (nSPS) is 25.6. The van der Waals surface area contributed by atoms with Crippen molar-refractivity contribution >= 4 is 11.0 Å². The molecule has 1 N–H and O–H groups in total. The molecule has 2 aliphatic rings. The standard InChI is InChI=1S/C25H28N2O3/c1-24(2)11-17-12-25(3,14-24)15-27(17)13-19-21(28)8-7-16-10-18(23(29)30-22(16)19)20-6-4-5-9-26-20/h4-10,17,28H,11-15H2,1-3H3. The van der Waals surface area contributed by atoms with E-state index in [0.29, 0.717) is 45.8 Å². The van der Waals surface area contributed by atoms with Crippen LogP contribution in [-0.4, -0.2) is 27.6 Å². The zero-order valence-corrected chi connectivity index (χ0v) is 17.8. The van der Waals surface area contributed by atoms with Gasteiger partial charge < -0.3 is 9.52 Å². The molecule has 5 nitrogen and oxygen atoms in total. The first-order valence-corrected chi connectivity index (χ1v) is 10.7. The zero-order valence-electron chi connectivity index (χ0n) is 17.8. The molecule has 0 amide bonds. The van der Waals surface area contributed by atoms with Crippen molar-refractivity contribution in [2.75, 3.05) is 6.54 Å². The van der Waals surface area contributed by atoms with Gasteiger partial charge in [-0.05, 0) is 60.4 Å². The lowest BCUT2D eigenvalue weighted by molar-refractivity contribution is 0.126. The SMILES string of the molecule is CC1(C)CC2CC(C)(CN2Cc2c(O)ccc3cc(-c4ccccn4)c(=O)oc23)C1. The predicted molar refractivity (Wildman–Crippen MR) is 117 cm³/mol. The number of phenols is 1. The van der Waals surface area contributed by atoms with Crippen molar-refractivity contribution in [2.45, 2.75) is 52.6 Å². The van der Waals surface area contributed by atoms with Gasteiger partial charge >= 0.3 is 5.63 Å². The summed E-state index contributed by atoms with van der Waals surface area (Å²) in [5.74, 6) is 0.182. The van der Waals surface area contributed by atoms with Gasteiger partial charge in [0.1, 0.15) is 11.3 Å². The number of likely N-dealkylation sites (tertiary alicyclic amines) is 1. The number of hydrogen-bond acceptors (Lipinski definition) is 5. The summed E-state index contributed by atoms with van der Waals surface area (Å²) in [4.78, 5) is 19.5. The van der Waals surface area contributed by atoms with Gasteiger partial charge in [0.2, 0.25) is 0 Å². The molecule has 1 aliphatic heterocycles. The third-order valence-corrected chi connectivity index (χ3v) is 6.81. The average molecular weight is 405 g/mol. The number of aromatic hydroxyl groups is 1. The number of benzene rings is 1. The number of aromatic nitrogens is 1. The van der Waals surface area contributed by atoms with Crippen LogP contribution in [0.3, 0.4) is 0 Å². The summed E-state index contributed by atoms with van der Waals surface area (Å²) >= 11 is 0. The highest BCUT2D eigenvalue weighted by Gasteiger charge is 2.49. The monoisotopic (exact) mass is 404 g/mol. The second-order valence-electron chi connectivity index (χ2n) is 10.3. The van der Waals surface area contributed by atoms with Crippen molar-refractivity contribution in [2.24, 2.45) is 10.8 Å². The minimum atomic E-state index is -0.429. The number of hydrogen-bond donors (Lipinski definition) is 1. The lowest BCUT2D eigenvalue weighted by Gasteiger charge is -2.40. The minimum absolute atomic E-state index is 0.182. The summed E-state index contributed by atoms with van der Waals surface area (Å²) in [7, 11) is 0. The van der Waals surface area contributed by atoms with E-state index in [9.17, 15) is 9.90 Å². The lowest BCUT2D eigenvalue weighted by atomic mass is 9.65. The van der Waals surface area contributed by atoms with Crippen LogP contribution in [0.2, 0.25) is 0 Å². The van der Waals surface area contributed by atoms with Crippen LogP contribution in [0.4, 0.5) is 0 Å². The van der Waals surface area contributed by atoms with Crippen molar-refractivity contribution in [3.05, 3.63) is 58.6 Å². The van der Waals surface area contributed by atoms with Gasteiger partial charge in [0.15, 0.2) is 0 Å². The molecule has 2 fully saturated rings. The molecule has 1 saturated carbocycles. The van der Waals surface area contributed by atoms with Gasteiger partial charge in [0.25, 0.3) is 0 Å². The molecule has 1 saturated heterocycles. The van der Waals surface area contributed by atoms with Gasteiger partial charge in [-0.1, -0.05) is 26.8 Å². The summed E-state index contributed by atoms with van der Waals surface area (Å²) in [5.41, 5.74) is 2.41. The van der Waals surface area contributed by atoms with Gasteiger partial charge in [-0.25, -0.2) is 4.79 Å². The Kier molecular flexibility index (Phi) is 4.30. The summed E-state index contributed by atoms with van der Waals surface area (Å²) < 4.78 is 5.76. The summed E-state index contributed by atoms with van der Waals surface area (Å²) in [5, 5.41) is 11.5. The number of nitrogens with zero attached hydrogens (tertiary/aromatic N) is 2. The molecule has 2 unspecified atom stereocenters. The minimum Gasteiger partial charge on any atom is -0.507 e. The molecule has 5 heteroatoms. The molecular weight excluding hydrogens is 376 g/mol. The molecule has 0 spiro atoms. The van der Waals surface area contributed by atoms with Gasteiger partial charge in [0, 0.05) is 30.7 Å². The molecule has 2 atom stereocenters. The van der Waals surface area contributed by atoms with Crippen LogP contribution in [0, 0.1) is 10.8 Å². The number of pyridine rings is 1. The van der Waals surface area contributed by atoms with Gasteiger partial charge in [-0.15, -0.1) is 0 Å². The topological polar surface area (TPSA) is 66.6 Å². The average Bonchev–Trinajstić information content (AvgIpc) is 2.92. The molecule has 0 radical (unpaired) electrons. The maximum Gasteiger partial charge on any atom is 0.345 e. The van der Waals surface area contributed by atoms with E-state index in [-0.39, 0.29) is 5.75 Å². The first-order valence-electron chi connectivity index (χ1n) is 10.7. The molecule has 2 bridgehead atoms. The molecule has 3 heterocycles. The van der Waals surface area contributed by atoms with Crippen molar-refractivity contribution < 1.29 is 9.52 Å². The molecule has 3 aromatic rings. The predicted octanol–water partition coefficient (Wildman–Crippen LogP) is 4.96. The fraction of sp³-hybridized carbons (Fsp3) is 0.440.